The van der Waals surface area contributed by atoms with Gasteiger partial charge >= 0.3 is 0 Å². The van der Waals surface area contributed by atoms with E-state index in [2.05, 4.69) is 0 Å². The zero-order valence-electron chi connectivity index (χ0n) is 9.31. The molecule has 2 N–H and O–H groups in total. The Morgan fingerprint density at radius 1 is 0.941 bits per heavy atom. The Bertz CT molecular complexity index is 491. The highest BCUT2D eigenvalue weighted by molar-refractivity contribution is 6.31. The van der Waals surface area contributed by atoms with E-state index in [1.54, 1.807) is 25.3 Å². The van der Waals surface area contributed by atoms with Gasteiger partial charge in [0.2, 0.25) is 0 Å². The molecule has 0 saturated carbocycles. The van der Waals surface area contributed by atoms with Crippen LogP contribution in [0.2, 0.25) is 5.02 Å². The highest BCUT2D eigenvalue weighted by Gasteiger charge is 2.01. The van der Waals surface area contributed by atoms with Crippen molar-refractivity contribution in [3.8, 4) is 17.2 Å². The molecule has 0 amide bonds. The second-order valence-electron chi connectivity index (χ2n) is 3.50. The van der Waals surface area contributed by atoms with Crippen LogP contribution in [0.5, 0.6) is 17.2 Å². The van der Waals surface area contributed by atoms with E-state index in [-0.39, 0.29) is 0 Å². The lowest BCUT2D eigenvalue weighted by atomic mass is 10.3. The molecule has 3 nitrogen and oxygen atoms in total. The summed E-state index contributed by atoms with van der Waals surface area (Å²) in [5.74, 6) is 2.09. The van der Waals surface area contributed by atoms with Gasteiger partial charge in [-0.2, -0.15) is 0 Å². The molecule has 2 aromatic carbocycles. The fourth-order valence-corrected chi connectivity index (χ4v) is 1.66. The Morgan fingerprint density at radius 3 is 2.18 bits per heavy atom. The van der Waals surface area contributed by atoms with Gasteiger partial charge in [0.15, 0.2) is 0 Å². The summed E-state index contributed by atoms with van der Waals surface area (Å²) in [7, 11) is 1.62. The van der Waals surface area contributed by atoms with Crippen molar-refractivity contribution < 1.29 is 9.47 Å². The lowest BCUT2D eigenvalue weighted by molar-refractivity contribution is 0.413. The Morgan fingerprint density at radius 2 is 1.59 bits per heavy atom. The van der Waals surface area contributed by atoms with Crippen molar-refractivity contribution in [3.05, 3.63) is 47.5 Å². The highest BCUT2D eigenvalue weighted by Crippen LogP contribution is 2.28. The number of benzene rings is 2. The van der Waals surface area contributed by atoms with Crippen LogP contribution in [0.3, 0.4) is 0 Å². The molecule has 2 aromatic rings. The van der Waals surface area contributed by atoms with Crippen LogP contribution < -0.4 is 15.2 Å². The van der Waals surface area contributed by atoms with Crippen LogP contribution in [0.15, 0.2) is 42.5 Å². The molecule has 0 heterocycles. The molecule has 0 radical (unpaired) electrons. The Balaban J connectivity index is 2.19. The van der Waals surface area contributed by atoms with E-state index in [4.69, 9.17) is 26.8 Å². The molecule has 2 rings (SSSR count). The zero-order valence-corrected chi connectivity index (χ0v) is 10.1. The fourth-order valence-electron chi connectivity index (χ4n) is 1.42. The largest absolute Gasteiger partial charge is 0.497 e. The number of nitrogen functional groups attached to an aromatic ring is 1. The average molecular weight is 250 g/mol. The van der Waals surface area contributed by atoms with Gasteiger partial charge in [-0.1, -0.05) is 11.6 Å². The first-order chi connectivity index (χ1) is 8.17. The summed E-state index contributed by atoms with van der Waals surface area (Å²) < 4.78 is 10.7. The highest BCUT2D eigenvalue weighted by atomic mass is 35.5. The van der Waals surface area contributed by atoms with Crippen LogP contribution in [0, 0.1) is 0 Å². The topological polar surface area (TPSA) is 44.5 Å². The second kappa shape index (κ2) is 4.97. The number of methoxy groups -OCH3 is 1. The minimum Gasteiger partial charge on any atom is -0.497 e. The maximum Gasteiger partial charge on any atom is 0.130 e. The van der Waals surface area contributed by atoms with Crippen LogP contribution >= 0.6 is 11.6 Å². The third-order valence-electron chi connectivity index (χ3n) is 2.19. The van der Waals surface area contributed by atoms with E-state index in [1.165, 1.54) is 0 Å². The summed E-state index contributed by atoms with van der Waals surface area (Å²) in [5.41, 5.74) is 6.24. The van der Waals surface area contributed by atoms with Crippen molar-refractivity contribution in [1.29, 1.82) is 0 Å². The smallest absolute Gasteiger partial charge is 0.130 e. The third-order valence-corrected chi connectivity index (χ3v) is 2.41. The van der Waals surface area contributed by atoms with Gasteiger partial charge in [0, 0.05) is 16.8 Å². The van der Waals surface area contributed by atoms with Crippen molar-refractivity contribution >= 4 is 17.3 Å². The number of hydrogen-bond donors (Lipinski definition) is 1. The van der Waals surface area contributed by atoms with Crippen molar-refractivity contribution in [2.45, 2.75) is 0 Å². The number of hydrogen-bond acceptors (Lipinski definition) is 3. The molecule has 0 saturated heterocycles. The molecule has 0 bridgehead atoms. The molecule has 4 heteroatoms. The lowest BCUT2D eigenvalue weighted by Gasteiger charge is -2.07. The van der Waals surface area contributed by atoms with E-state index in [0.29, 0.717) is 22.2 Å². The van der Waals surface area contributed by atoms with Crippen LogP contribution in [-0.4, -0.2) is 7.11 Å². The van der Waals surface area contributed by atoms with E-state index < -0.39 is 0 Å². The summed E-state index contributed by atoms with van der Waals surface area (Å²) in [6.45, 7) is 0. The number of rotatable bonds is 3. The maximum absolute atomic E-state index is 5.88. The predicted molar refractivity (Wildman–Crippen MR) is 68.9 cm³/mol. The van der Waals surface area contributed by atoms with Gasteiger partial charge in [0.05, 0.1) is 7.11 Å². The van der Waals surface area contributed by atoms with Gasteiger partial charge in [-0.15, -0.1) is 0 Å². The second-order valence-corrected chi connectivity index (χ2v) is 3.93. The number of anilines is 1. The SMILES string of the molecule is COc1ccc(Oc2cc(N)cc(Cl)c2)cc1. The van der Waals surface area contributed by atoms with Gasteiger partial charge in [-0.25, -0.2) is 0 Å². The Hall–Kier alpha value is -1.87. The first-order valence-corrected chi connectivity index (χ1v) is 5.43. The quantitative estimate of drug-likeness (QED) is 0.843. The van der Waals surface area contributed by atoms with Gasteiger partial charge in [-0.05, 0) is 36.4 Å². The normalized spacial score (nSPS) is 10.0. The van der Waals surface area contributed by atoms with Crippen molar-refractivity contribution in [3.63, 3.8) is 0 Å². The maximum atomic E-state index is 5.88. The third kappa shape index (κ3) is 3.04. The van der Waals surface area contributed by atoms with Crippen LogP contribution in [0.4, 0.5) is 5.69 Å². The van der Waals surface area contributed by atoms with E-state index in [1.807, 2.05) is 24.3 Å². The molecule has 0 spiro atoms. The molecule has 0 aliphatic carbocycles. The van der Waals surface area contributed by atoms with E-state index in [9.17, 15) is 0 Å². The van der Waals surface area contributed by atoms with Crippen molar-refractivity contribution in [2.24, 2.45) is 0 Å². The number of ether oxygens (including phenoxy) is 2. The van der Waals surface area contributed by atoms with Crippen LogP contribution in [-0.2, 0) is 0 Å². The number of halogens is 1. The van der Waals surface area contributed by atoms with Crippen LogP contribution in [0.25, 0.3) is 0 Å². The predicted octanol–water partition coefficient (Wildman–Crippen LogP) is 3.72. The van der Waals surface area contributed by atoms with Crippen LogP contribution in [0.1, 0.15) is 0 Å². The first kappa shape index (κ1) is 11.6. The standard InChI is InChI=1S/C13H12ClNO2/c1-16-11-2-4-12(5-3-11)17-13-7-9(14)6-10(15)8-13/h2-8H,15H2,1H3. The summed E-state index contributed by atoms with van der Waals surface area (Å²) in [6.07, 6.45) is 0. The molecule has 0 aliphatic rings. The van der Waals surface area contributed by atoms with E-state index in [0.717, 1.165) is 5.75 Å². The van der Waals surface area contributed by atoms with Crippen molar-refractivity contribution in [1.82, 2.24) is 0 Å². The molecular formula is C13H12ClNO2. The Kier molecular flexibility index (Phi) is 3.40. The number of nitrogens with two attached hydrogens (primary N) is 1. The molecule has 0 atom stereocenters. The summed E-state index contributed by atoms with van der Waals surface area (Å²) in [5, 5.41) is 0.550. The summed E-state index contributed by atoms with van der Waals surface area (Å²) in [6, 6.07) is 12.4. The van der Waals surface area contributed by atoms with Gasteiger partial charge in [0.1, 0.15) is 17.2 Å². The minimum atomic E-state index is 0.550. The first-order valence-electron chi connectivity index (χ1n) is 5.05. The summed E-state index contributed by atoms with van der Waals surface area (Å²) in [4.78, 5) is 0. The molecule has 88 valence electrons. The minimum absolute atomic E-state index is 0.550. The molecule has 17 heavy (non-hydrogen) atoms. The lowest BCUT2D eigenvalue weighted by Crippen LogP contribution is -1.89. The molecule has 0 unspecified atom stereocenters. The van der Waals surface area contributed by atoms with Gasteiger partial charge < -0.3 is 15.2 Å². The van der Waals surface area contributed by atoms with Gasteiger partial charge in [0.25, 0.3) is 0 Å². The Labute approximate surface area is 105 Å². The molecule has 0 aliphatic heterocycles. The molecule has 0 aromatic heterocycles. The van der Waals surface area contributed by atoms with E-state index >= 15 is 0 Å². The van der Waals surface area contributed by atoms with Gasteiger partial charge in [-0.3, -0.25) is 0 Å². The fraction of sp³-hybridized carbons (Fsp3) is 0.0769. The average Bonchev–Trinajstić information content (AvgIpc) is 2.28. The molecular weight excluding hydrogens is 238 g/mol. The zero-order chi connectivity index (χ0) is 12.3. The monoisotopic (exact) mass is 249 g/mol. The van der Waals surface area contributed by atoms with Crippen molar-refractivity contribution in [2.75, 3.05) is 12.8 Å². The molecule has 0 fully saturated rings. The summed E-state index contributed by atoms with van der Waals surface area (Å²) >= 11 is 5.88.